The number of halogens is 1. The third kappa shape index (κ3) is 3.21. The SMILES string of the molecule is O=S(=O)(Cl)c1ccccc1OCc1ccccn1. The zero-order valence-electron chi connectivity index (χ0n) is 9.28. The molecule has 1 aromatic heterocycles. The molecule has 0 aliphatic heterocycles. The molecule has 94 valence electrons. The van der Waals surface area contributed by atoms with Gasteiger partial charge in [0.1, 0.15) is 17.3 Å². The van der Waals surface area contributed by atoms with E-state index in [1.54, 1.807) is 36.5 Å². The molecular formula is C12H10ClNO3S. The van der Waals surface area contributed by atoms with Gasteiger partial charge in [0.05, 0.1) is 5.69 Å². The second kappa shape index (κ2) is 5.37. The molecule has 0 fully saturated rings. The number of hydrogen-bond acceptors (Lipinski definition) is 4. The van der Waals surface area contributed by atoms with E-state index in [-0.39, 0.29) is 17.3 Å². The highest BCUT2D eigenvalue weighted by molar-refractivity contribution is 8.13. The van der Waals surface area contributed by atoms with Crippen molar-refractivity contribution < 1.29 is 13.2 Å². The van der Waals surface area contributed by atoms with Crippen LogP contribution in [0.2, 0.25) is 0 Å². The fraction of sp³-hybridized carbons (Fsp3) is 0.0833. The molecule has 1 heterocycles. The van der Waals surface area contributed by atoms with Gasteiger partial charge in [-0.2, -0.15) is 0 Å². The molecule has 0 unspecified atom stereocenters. The largest absolute Gasteiger partial charge is 0.486 e. The summed E-state index contributed by atoms with van der Waals surface area (Å²) in [5, 5.41) is 0. The van der Waals surface area contributed by atoms with Gasteiger partial charge in [-0.1, -0.05) is 18.2 Å². The summed E-state index contributed by atoms with van der Waals surface area (Å²) in [5.74, 6) is 0.221. The summed E-state index contributed by atoms with van der Waals surface area (Å²) in [7, 11) is 1.51. The lowest BCUT2D eigenvalue weighted by Crippen LogP contribution is -2.01. The molecule has 18 heavy (non-hydrogen) atoms. The molecule has 0 radical (unpaired) electrons. The Morgan fingerprint density at radius 2 is 1.83 bits per heavy atom. The lowest BCUT2D eigenvalue weighted by atomic mass is 10.3. The first-order valence-corrected chi connectivity index (χ1v) is 7.45. The van der Waals surface area contributed by atoms with Crippen LogP contribution in [-0.2, 0) is 15.7 Å². The Morgan fingerprint density at radius 1 is 1.11 bits per heavy atom. The van der Waals surface area contributed by atoms with E-state index in [0.29, 0.717) is 5.69 Å². The van der Waals surface area contributed by atoms with E-state index in [1.807, 2.05) is 6.07 Å². The molecule has 6 heteroatoms. The van der Waals surface area contributed by atoms with E-state index < -0.39 is 9.05 Å². The lowest BCUT2D eigenvalue weighted by molar-refractivity contribution is 0.293. The number of hydrogen-bond donors (Lipinski definition) is 0. The van der Waals surface area contributed by atoms with Crippen LogP contribution >= 0.6 is 10.7 Å². The molecule has 0 amide bonds. The maximum atomic E-state index is 11.3. The minimum atomic E-state index is -3.81. The smallest absolute Gasteiger partial charge is 0.264 e. The van der Waals surface area contributed by atoms with E-state index in [2.05, 4.69) is 4.98 Å². The highest BCUT2D eigenvalue weighted by Gasteiger charge is 2.16. The monoisotopic (exact) mass is 283 g/mol. The minimum Gasteiger partial charge on any atom is -0.486 e. The Balaban J connectivity index is 2.20. The molecule has 0 N–H and O–H groups in total. The molecule has 0 saturated heterocycles. The van der Waals surface area contributed by atoms with Crippen LogP contribution < -0.4 is 4.74 Å². The molecule has 2 aromatic rings. The van der Waals surface area contributed by atoms with Gasteiger partial charge in [-0.3, -0.25) is 4.98 Å². The van der Waals surface area contributed by atoms with Crippen LogP contribution in [0.5, 0.6) is 5.75 Å². The highest BCUT2D eigenvalue weighted by Crippen LogP contribution is 2.26. The summed E-state index contributed by atoms with van der Waals surface area (Å²) in [6, 6.07) is 11.6. The average molecular weight is 284 g/mol. The van der Waals surface area contributed by atoms with Crippen LogP contribution in [0.4, 0.5) is 0 Å². The number of ether oxygens (including phenoxy) is 1. The number of benzene rings is 1. The lowest BCUT2D eigenvalue weighted by Gasteiger charge is -2.08. The van der Waals surface area contributed by atoms with Gasteiger partial charge in [-0.25, -0.2) is 8.42 Å². The van der Waals surface area contributed by atoms with E-state index in [4.69, 9.17) is 15.4 Å². The Kier molecular flexibility index (Phi) is 3.84. The van der Waals surface area contributed by atoms with E-state index in [1.165, 1.54) is 6.07 Å². The number of rotatable bonds is 4. The minimum absolute atomic E-state index is 0.0393. The summed E-state index contributed by atoms with van der Waals surface area (Å²) in [6.07, 6.45) is 1.64. The van der Waals surface area contributed by atoms with Crippen molar-refractivity contribution in [3.63, 3.8) is 0 Å². The third-order valence-corrected chi connectivity index (χ3v) is 3.57. The zero-order valence-corrected chi connectivity index (χ0v) is 10.9. The molecule has 0 aliphatic carbocycles. The Bertz CT molecular complexity index is 629. The fourth-order valence-corrected chi connectivity index (χ4v) is 2.40. The normalized spacial score (nSPS) is 11.2. The first-order valence-electron chi connectivity index (χ1n) is 5.14. The van der Waals surface area contributed by atoms with Gasteiger partial charge in [0, 0.05) is 16.9 Å². The van der Waals surface area contributed by atoms with Crippen molar-refractivity contribution in [2.45, 2.75) is 11.5 Å². The van der Waals surface area contributed by atoms with Crippen molar-refractivity contribution in [1.29, 1.82) is 0 Å². The van der Waals surface area contributed by atoms with Gasteiger partial charge in [-0.05, 0) is 24.3 Å². The van der Waals surface area contributed by atoms with Gasteiger partial charge in [0.15, 0.2) is 0 Å². The summed E-state index contributed by atoms with van der Waals surface area (Å²) in [5.41, 5.74) is 0.708. The number of aromatic nitrogens is 1. The van der Waals surface area contributed by atoms with Gasteiger partial charge >= 0.3 is 0 Å². The number of para-hydroxylation sites is 1. The predicted molar refractivity (Wildman–Crippen MR) is 68.0 cm³/mol. The van der Waals surface area contributed by atoms with Crippen molar-refractivity contribution >= 4 is 19.7 Å². The summed E-state index contributed by atoms with van der Waals surface area (Å²) in [6.45, 7) is 0.185. The van der Waals surface area contributed by atoms with Crippen molar-refractivity contribution in [2.75, 3.05) is 0 Å². The molecular weight excluding hydrogens is 274 g/mol. The second-order valence-electron chi connectivity index (χ2n) is 3.49. The Labute approximate surface area is 110 Å². The molecule has 4 nitrogen and oxygen atoms in total. The zero-order chi connectivity index (χ0) is 13.0. The summed E-state index contributed by atoms with van der Waals surface area (Å²) in [4.78, 5) is 4.04. The maximum Gasteiger partial charge on any atom is 0.264 e. The molecule has 0 atom stereocenters. The van der Waals surface area contributed by atoms with Crippen LogP contribution in [0.3, 0.4) is 0 Å². The van der Waals surface area contributed by atoms with Crippen molar-refractivity contribution in [2.24, 2.45) is 0 Å². The van der Waals surface area contributed by atoms with Crippen molar-refractivity contribution in [1.82, 2.24) is 4.98 Å². The Hall–Kier alpha value is -1.59. The molecule has 0 spiro atoms. The molecule has 2 rings (SSSR count). The van der Waals surface area contributed by atoms with Crippen LogP contribution in [0.1, 0.15) is 5.69 Å². The summed E-state index contributed by atoms with van der Waals surface area (Å²) < 4.78 is 28.1. The van der Waals surface area contributed by atoms with Crippen LogP contribution in [0, 0.1) is 0 Å². The maximum absolute atomic E-state index is 11.3. The highest BCUT2D eigenvalue weighted by atomic mass is 35.7. The van der Waals surface area contributed by atoms with Gasteiger partial charge < -0.3 is 4.74 Å². The molecule has 0 aliphatic rings. The Morgan fingerprint density at radius 3 is 2.50 bits per heavy atom. The third-order valence-electron chi connectivity index (χ3n) is 2.21. The van der Waals surface area contributed by atoms with Crippen LogP contribution in [0.25, 0.3) is 0 Å². The predicted octanol–water partition coefficient (Wildman–Crippen LogP) is 2.59. The van der Waals surface area contributed by atoms with Gasteiger partial charge in [-0.15, -0.1) is 0 Å². The van der Waals surface area contributed by atoms with Crippen molar-refractivity contribution in [3.05, 3.63) is 54.4 Å². The van der Waals surface area contributed by atoms with E-state index in [0.717, 1.165) is 0 Å². The quantitative estimate of drug-likeness (QED) is 0.809. The van der Waals surface area contributed by atoms with E-state index in [9.17, 15) is 8.42 Å². The standard InChI is InChI=1S/C12H10ClNO3S/c13-18(15,16)12-7-2-1-6-11(12)17-9-10-5-3-4-8-14-10/h1-8H,9H2. The molecule has 0 saturated carbocycles. The van der Waals surface area contributed by atoms with E-state index >= 15 is 0 Å². The molecule has 1 aromatic carbocycles. The first-order chi connectivity index (χ1) is 8.57. The first kappa shape index (κ1) is 12.9. The average Bonchev–Trinajstić information content (AvgIpc) is 2.37. The molecule has 0 bridgehead atoms. The topological polar surface area (TPSA) is 56.3 Å². The van der Waals surface area contributed by atoms with Crippen molar-refractivity contribution in [3.8, 4) is 5.75 Å². The van der Waals surface area contributed by atoms with Crippen LogP contribution in [-0.4, -0.2) is 13.4 Å². The fourth-order valence-electron chi connectivity index (χ4n) is 1.41. The second-order valence-corrected chi connectivity index (χ2v) is 6.03. The van der Waals surface area contributed by atoms with Gasteiger partial charge in [0.2, 0.25) is 0 Å². The number of nitrogens with zero attached hydrogens (tertiary/aromatic N) is 1. The van der Waals surface area contributed by atoms with Crippen LogP contribution in [0.15, 0.2) is 53.6 Å². The van der Waals surface area contributed by atoms with Gasteiger partial charge in [0.25, 0.3) is 9.05 Å². The summed E-state index contributed by atoms with van der Waals surface area (Å²) >= 11 is 0. The number of pyridine rings is 1.